The molecule has 0 amide bonds. The maximum Gasteiger partial charge on any atom is 0.478 e. The van der Waals surface area contributed by atoms with Crippen molar-refractivity contribution >= 4 is 16.8 Å². The van der Waals surface area contributed by atoms with Gasteiger partial charge >= 0.3 is 6.98 Å². The van der Waals surface area contributed by atoms with E-state index in [1.807, 2.05) is 0 Å². The Morgan fingerprint density at radius 2 is 1.75 bits per heavy atom. The van der Waals surface area contributed by atoms with Crippen molar-refractivity contribution in [2.45, 2.75) is 19.7 Å². The van der Waals surface area contributed by atoms with Crippen LogP contribution in [0.5, 0.6) is 0 Å². The standard InChI is InChI=1S/C5H11BF3O2S/c1-2-12(10,11)5-3-4-6(7,8)9/h2-5H2,1H3/q-1. The van der Waals surface area contributed by atoms with Crippen LogP contribution >= 0.6 is 0 Å². The smallest absolute Gasteiger partial charge is 0.449 e. The Labute approximate surface area is 70.1 Å². The number of rotatable bonds is 5. The van der Waals surface area contributed by atoms with E-state index in [2.05, 4.69) is 0 Å². The van der Waals surface area contributed by atoms with Gasteiger partial charge in [-0.15, -0.1) is 0 Å². The first-order valence-corrected chi connectivity index (χ1v) is 5.50. The van der Waals surface area contributed by atoms with E-state index in [-0.39, 0.29) is 17.9 Å². The zero-order valence-electron chi connectivity index (χ0n) is 6.76. The summed E-state index contributed by atoms with van der Waals surface area (Å²) in [6.45, 7) is -3.40. The summed E-state index contributed by atoms with van der Waals surface area (Å²) in [6, 6.07) is 0. The minimum absolute atomic E-state index is 0.0855. The summed E-state index contributed by atoms with van der Waals surface area (Å²) >= 11 is 0. The normalized spacial score (nSPS) is 13.3. The molecule has 0 rings (SSSR count). The van der Waals surface area contributed by atoms with Gasteiger partial charge in [-0.2, -0.15) is 0 Å². The summed E-state index contributed by atoms with van der Waals surface area (Å²) < 4.78 is 56.3. The largest absolute Gasteiger partial charge is 0.478 e. The Balaban J connectivity index is 3.73. The summed E-state index contributed by atoms with van der Waals surface area (Å²) in [5, 5.41) is 0. The lowest BCUT2D eigenvalue weighted by atomic mass is 9.85. The van der Waals surface area contributed by atoms with Crippen LogP contribution in [0.3, 0.4) is 0 Å². The first-order valence-electron chi connectivity index (χ1n) is 3.68. The van der Waals surface area contributed by atoms with Gasteiger partial charge in [0, 0.05) is 11.5 Å². The molecule has 0 radical (unpaired) electrons. The molecule has 0 aromatic heterocycles. The van der Waals surface area contributed by atoms with Gasteiger partial charge in [-0.05, 0) is 0 Å². The topological polar surface area (TPSA) is 34.1 Å². The molecule has 74 valence electrons. The molecule has 0 heterocycles. The molecule has 0 bridgehead atoms. The molecule has 0 atom stereocenters. The van der Waals surface area contributed by atoms with Crippen LogP contribution < -0.4 is 0 Å². The molecule has 0 fully saturated rings. The van der Waals surface area contributed by atoms with Crippen molar-refractivity contribution < 1.29 is 21.4 Å². The van der Waals surface area contributed by atoms with Crippen LogP contribution in [0.2, 0.25) is 6.32 Å². The SMILES string of the molecule is CCS(=O)(=O)CCC[B-](F)(F)F. The molecule has 0 saturated heterocycles. The summed E-state index contributed by atoms with van der Waals surface area (Å²) in [5.74, 6) is -0.442. The van der Waals surface area contributed by atoms with E-state index >= 15 is 0 Å². The summed E-state index contributed by atoms with van der Waals surface area (Å²) in [6.07, 6.45) is -1.26. The highest BCUT2D eigenvalue weighted by Gasteiger charge is 2.22. The van der Waals surface area contributed by atoms with E-state index in [4.69, 9.17) is 0 Å². The van der Waals surface area contributed by atoms with E-state index in [0.29, 0.717) is 0 Å². The molecule has 2 nitrogen and oxygen atoms in total. The van der Waals surface area contributed by atoms with Crippen LogP contribution in [0.1, 0.15) is 13.3 Å². The van der Waals surface area contributed by atoms with Crippen LogP contribution in [0, 0.1) is 0 Å². The minimum atomic E-state index is -4.83. The van der Waals surface area contributed by atoms with Crippen molar-refractivity contribution in [2.24, 2.45) is 0 Å². The first-order chi connectivity index (χ1) is 5.27. The number of hydrogen-bond donors (Lipinski definition) is 0. The van der Waals surface area contributed by atoms with E-state index < -0.39 is 23.1 Å². The molecule has 12 heavy (non-hydrogen) atoms. The highest BCUT2D eigenvalue weighted by atomic mass is 32.2. The lowest BCUT2D eigenvalue weighted by molar-refractivity contribution is 0.466. The van der Waals surface area contributed by atoms with Gasteiger partial charge in [-0.25, -0.2) is 8.42 Å². The van der Waals surface area contributed by atoms with E-state index in [9.17, 15) is 21.4 Å². The lowest BCUT2D eigenvalue weighted by Gasteiger charge is -2.12. The van der Waals surface area contributed by atoms with Crippen LogP contribution in [-0.4, -0.2) is 26.9 Å². The zero-order valence-corrected chi connectivity index (χ0v) is 7.58. The Kier molecular flexibility index (Phi) is 4.09. The fourth-order valence-corrected chi connectivity index (χ4v) is 1.57. The third-order valence-corrected chi connectivity index (χ3v) is 3.22. The van der Waals surface area contributed by atoms with Gasteiger partial charge in [0.2, 0.25) is 0 Å². The van der Waals surface area contributed by atoms with Gasteiger partial charge in [0.05, 0.1) is 0 Å². The Bertz CT molecular complexity index is 221. The van der Waals surface area contributed by atoms with Crippen LogP contribution in [0.4, 0.5) is 12.9 Å². The van der Waals surface area contributed by atoms with E-state index in [1.165, 1.54) is 6.92 Å². The zero-order chi connectivity index (χ0) is 9.83. The van der Waals surface area contributed by atoms with Gasteiger partial charge < -0.3 is 12.9 Å². The van der Waals surface area contributed by atoms with Gasteiger partial charge in [0.15, 0.2) is 0 Å². The molecule has 0 aliphatic rings. The summed E-state index contributed by atoms with van der Waals surface area (Å²) in [5.41, 5.74) is 0. The fourth-order valence-electron chi connectivity index (χ4n) is 0.679. The fraction of sp³-hybridized carbons (Fsp3) is 1.00. The van der Waals surface area contributed by atoms with Crippen LogP contribution in [0.25, 0.3) is 0 Å². The maximum absolute atomic E-state index is 11.6. The summed E-state index contributed by atoms with van der Waals surface area (Å²) in [4.78, 5) is 0. The Morgan fingerprint density at radius 3 is 2.08 bits per heavy atom. The second-order valence-corrected chi connectivity index (χ2v) is 5.06. The van der Waals surface area contributed by atoms with Gasteiger partial charge in [-0.3, -0.25) is 0 Å². The highest BCUT2D eigenvalue weighted by molar-refractivity contribution is 7.91. The quantitative estimate of drug-likeness (QED) is 0.636. The molecule has 0 saturated carbocycles. The van der Waals surface area contributed by atoms with Crippen molar-refractivity contribution in [3.05, 3.63) is 0 Å². The van der Waals surface area contributed by atoms with Gasteiger partial charge in [-0.1, -0.05) is 19.7 Å². The van der Waals surface area contributed by atoms with Crippen molar-refractivity contribution in [3.8, 4) is 0 Å². The molecule has 0 spiro atoms. The van der Waals surface area contributed by atoms with E-state index in [0.717, 1.165) is 0 Å². The molecular formula is C5H11BF3O2S-. The van der Waals surface area contributed by atoms with E-state index in [1.54, 1.807) is 0 Å². The lowest BCUT2D eigenvalue weighted by Crippen LogP contribution is -2.17. The number of sulfone groups is 1. The third kappa shape index (κ3) is 6.51. The van der Waals surface area contributed by atoms with Crippen molar-refractivity contribution in [1.29, 1.82) is 0 Å². The van der Waals surface area contributed by atoms with Crippen molar-refractivity contribution in [3.63, 3.8) is 0 Å². The predicted octanol–water partition coefficient (Wildman–Crippen LogP) is 1.66. The average Bonchev–Trinajstić information content (AvgIpc) is 1.84. The molecular weight excluding hydrogens is 192 g/mol. The maximum atomic E-state index is 11.6. The Morgan fingerprint density at radius 1 is 1.25 bits per heavy atom. The highest BCUT2D eigenvalue weighted by Crippen LogP contribution is 2.17. The first kappa shape index (κ1) is 11.8. The molecule has 0 aliphatic carbocycles. The second kappa shape index (κ2) is 4.16. The monoisotopic (exact) mass is 203 g/mol. The molecule has 0 N–H and O–H groups in total. The third-order valence-electron chi connectivity index (χ3n) is 1.43. The minimum Gasteiger partial charge on any atom is -0.449 e. The van der Waals surface area contributed by atoms with Crippen molar-refractivity contribution in [1.82, 2.24) is 0 Å². The number of hydrogen-bond acceptors (Lipinski definition) is 2. The van der Waals surface area contributed by atoms with Crippen LogP contribution in [0.15, 0.2) is 0 Å². The molecule has 0 aromatic rings. The number of halogens is 3. The van der Waals surface area contributed by atoms with Crippen molar-refractivity contribution in [2.75, 3.05) is 11.5 Å². The van der Waals surface area contributed by atoms with Crippen LogP contribution in [-0.2, 0) is 9.84 Å². The molecule has 0 aromatic carbocycles. The second-order valence-electron chi connectivity index (χ2n) is 2.59. The molecule has 0 aliphatic heterocycles. The predicted molar refractivity (Wildman–Crippen MR) is 42.8 cm³/mol. The average molecular weight is 203 g/mol. The van der Waals surface area contributed by atoms with Gasteiger partial charge in [0.1, 0.15) is 9.84 Å². The van der Waals surface area contributed by atoms with Gasteiger partial charge in [0.25, 0.3) is 0 Å². The molecule has 0 unspecified atom stereocenters. The Hall–Kier alpha value is -0.195. The summed E-state index contributed by atoms with van der Waals surface area (Å²) in [7, 11) is -3.23. The molecule has 7 heteroatoms.